The van der Waals surface area contributed by atoms with Gasteiger partial charge in [-0.05, 0) is 48.0 Å². The molecule has 1 aliphatic heterocycles. The van der Waals surface area contributed by atoms with Crippen LogP contribution in [0, 0.1) is 0 Å². The Kier molecular flexibility index (Phi) is 5.84. The number of hydrogen-bond donors (Lipinski definition) is 4. The van der Waals surface area contributed by atoms with Gasteiger partial charge in [-0.3, -0.25) is 4.79 Å². The maximum absolute atomic E-state index is 12.7. The van der Waals surface area contributed by atoms with Gasteiger partial charge in [0, 0.05) is 55.1 Å². The van der Waals surface area contributed by atoms with Gasteiger partial charge >= 0.3 is 0 Å². The quantitative estimate of drug-likeness (QED) is 0.227. The second-order valence-corrected chi connectivity index (χ2v) is 11.6. The summed E-state index contributed by atoms with van der Waals surface area (Å²) in [4.78, 5) is 27.4. The Morgan fingerprint density at radius 1 is 1.14 bits per heavy atom. The minimum atomic E-state index is -3.24. The summed E-state index contributed by atoms with van der Waals surface area (Å²) >= 11 is 1.62. The summed E-state index contributed by atoms with van der Waals surface area (Å²) in [6.45, 7) is 0.419. The molecule has 4 aromatic heterocycles. The molecule has 0 aliphatic carbocycles. The Morgan fingerprint density at radius 2 is 2.03 bits per heavy atom. The van der Waals surface area contributed by atoms with Crippen LogP contribution in [0.25, 0.3) is 32.7 Å². The van der Waals surface area contributed by atoms with Crippen LogP contribution < -0.4 is 14.8 Å². The van der Waals surface area contributed by atoms with Crippen LogP contribution in [0.5, 0.6) is 5.88 Å². The van der Waals surface area contributed by atoms with Crippen molar-refractivity contribution in [2.75, 3.05) is 11.8 Å². The Morgan fingerprint density at radius 3 is 2.89 bits per heavy atom. The zero-order valence-electron chi connectivity index (χ0n) is 19.7. The molecule has 188 valence electrons. The van der Waals surface area contributed by atoms with E-state index >= 15 is 0 Å². The molecule has 1 aliphatic rings. The second-order valence-electron chi connectivity index (χ2n) is 8.63. The summed E-state index contributed by atoms with van der Waals surface area (Å²) in [5.74, 6) is 0.117. The third-order valence-electron chi connectivity index (χ3n) is 6.14. The number of aromatic nitrogens is 3. The number of nitrogens with one attached hydrogen (secondary N) is 3. The molecule has 5 aromatic rings. The van der Waals surface area contributed by atoms with Crippen LogP contribution in [-0.4, -0.2) is 37.1 Å². The highest BCUT2D eigenvalue weighted by atomic mass is 32.3. The fourth-order valence-electron chi connectivity index (χ4n) is 4.34. The number of nitrogens with zero attached hydrogens (tertiary/aromatic N) is 2. The Bertz CT molecular complexity index is 1650. The van der Waals surface area contributed by atoms with Gasteiger partial charge in [0.2, 0.25) is 11.8 Å². The maximum atomic E-state index is 12.7. The number of ether oxygens (including phenoxy) is 1. The van der Waals surface area contributed by atoms with Crippen molar-refractivity contribution in [3.63, 3.8) is 0 Å². The molecule has 0 saturated carbocycles. The Balaban J connectivity index is 1.51. The number of pyridine rings is 2. The molecule has 11 heteroatoms. The molecular formula is C26H24N5O4S2+. The normalized spacial score (nSPS) is 19.2. The monoisotopic (exact) mass is 534 g/mol. The number of rotatable bonds is 1. The molecule has 1 atom stereocenters. The zero-order valence-corrected chi connectivity index (χ0v) is 21.4. The number of carbonyl (C=O) groups excluding carboxylic acids is 1. The molecule has 0 spiro atoms. The molecule has 9 nitrogen and oxygen atoms in total. The molecule has 0 saturated heterocycles. The predicted octanol–water partition coefficient (Wildman–Crippen LogP) is 4.84. The number of hydrogen-bond acceptors (Lipinski definition) is 7. The molecule has 1 unspecified atom stereocenters. The van der Waals surface area contributed by atoms with Gasteiger partial charge in [0.15, 0.2) is 0 Å². The Labute approximate surface area is 218 Å². The van der Waals surface area contributed by atoms with Gasteiger partial charge in [-0.25, -0.2) is 19.2 Å². The van der Waals surface area contributed by atoms with E-state index in [1.165, 1.54) is 7.11 Å². The number of amides is 1. The van der Waals surface area contributed by atoms with Crippen molar-refractivity contribution in [3.8, 4) is 27.6 Å². The lowest BCUT2D eigenvalue weighted by Crippen LogP contribution is -2.24. The van der Waals surface area contributed by atoms with Crippen molar-refractivity contribution >= 4 is 44.7 Å². The lowest BCUT2D eigenvalue weighted by Gasteiger charge is -2.30. The number of thiophene rings is 1. The van der Waals surface area contributed by atoms with Crippen molar-refractivity contribution in [3.05, 3.63) is 77.4 Å². The van der Waals surface area contributed by atoms with E-state index in [1.54, 1.807) is 48.0 Å². The number of aromatic amines is 1. The average molecular weight is 535 g/mol. The molecular weight excluding hydrogens is 510 g/mol. The van der Waals surface area contributed by atoms with Crippen LogP contribution in [0.2, 0.25) is 0 Å². The van der Waals surface area contributed by atoms with Crippen molar-refractivity contribution in [2.24, 2.45) is 0 Å². The number of benzene rings is 1. The van der Waals surface area contributed by atoms with Crippen LogP contribution in [-0.2, 0) is 17.8 Å². The smallest absolute Gasteiger partial charge is 0.238 e. The van der Waals surface area contributed by atoms with E-state index < -0.39 is 10.8 Å². The zero-order chi connectivity index (χ0) is 25.6. The molecule has 8 bridgehead atoms. The lowest BCUT2D eigenvalue weighted by molar-refractivity contribution is -0.120. The minimum Gasteiger partial charge on any atom is -0.479 e. The molecule has 5 heterocycles. The third kappa shape index (κ3) is 4.53. The van der Waals surface area contributed by atoms with E-state index in [-0.39, 0.29) is 18.2 Å². The van der Waals surface area contributed by atoms with Crippen molar-refractivity contribution in [1.82, 2.24) is 20.3 Å². The number of H-pyrrole nitrogens is 1. The van der Waals surface area contributed by atoms with Gasteiger partial charge in [-0.15, -0.1) is 11.3 Å². The van der Waals surface area contributed by atoms with Crippen LogP contribution in [0.15, 0.2) is 71.9 Å². The highest BCUT2D eigenvalue weighted by molar-refractivity contribution is 8.25. The van der Waals surface area contributed by atoms with Crippen molar-refractivity contribution in [1.29, 1.82) is 0 Å². The lowest BCUT2D eigenvalue weighted by atomic mass is 10.1. The van der Waals surface area contributed by atoms with Gasteiger partial charge < -0.3 is 19.6 Å². The molecule has 1 amide bonds. The fraction of sp³-hybridized carbons (Fsp3) is 0.115. The van der Waals surface area contributed by atoms with Crippen LogP contribution in [0.1, 0.15) is 10.4 Å². The Hall–Kier alpha value is -3.90. The largest absolute Gasteiger partial charge is 0.479 e. The van der Waals surface area contributed by atoms with Crippen LogP contribution in [0.3, 0.4) is 0 Å². The first-order chi connectivity index (χ1) is 17.9. The molecule has 0 fully saturated rings. The van der Waals surface area contributed by atoms with E-state index in [9.17, 15) is 9.35 Å². The second kappa shape index (κ2) is 9.20. The van der Waals surface area contributed by atoms with E-state index in [1.807, 2.05) is 24.3 Å². The van der Waals surface area contributed by atoms with Gasteiger partial charge in [-0.2, -0.15) is 0 Å². The molecule has 6 rings (SSSR count). The number of methoxy groups -OCH3 is 1. The van der Waals surface area contributed by atoms with Gasteiger partial charge in [-0.1, -0.05) is 12.1 Å². The SMILES string of the molecule is COc1ncc2cc1NS(O)([OH2+])c1cccc(c1)CC(=O)NCc1ccc(s1)-c1ccnc3[nH]c-2cc13. The third-order valence-corrected chi connectivity index (χ3v) is 8.71. The summed E-state index contributed by atoms with van der Waals surface area (Å²) in [7, 11) is -1.76. The van der Waals surface area contributed by atoms with Gasteiger partial charge in [0.25, 0.3) is 0 Å². The molecule has 1 aromatic carbocycles. The molecule has 6 N–H and O–H groups in total. The summed E-state index contributed by atoms with van der Waals surface area (Å²) in [5, 5.41) is 3.93. The summed E-state index contributed by atoms with van der Waals surface area (Å²) < 4.78 is 28.2. The number of fused-ring (bicyclic) bond motifs is 9. The molecule has 37 heavy (non-hydrogen) atoms. The van der Waals surface area contributed by atoms with Gasteiger partial charge in [0.1, 0.15) is 16.2 Å². The first-order valence-corrected chi connectivity index (χ1v) is 13.9. The summed E-state index contributed by atoms with van der Waals surface area (Å²) in [5.41, 5.74) is 4.39. The fourth-order valence-corrected chi connectivity index (χ4v) is 6.51. The number of carbonyl (C=O) groups is 1. The van der Waals surface area contributed by atoms with Crippen LogP contribution in [0.4, 0.5) is 5.69 Å². The van der Waals surface area contributed by atoms with Gasteiger partial charge in [0.05, 0.1) is 20.1 Å². The van der Waals surface area contributed by atoms with E-state index in [4.69, 9.17) is 9.29 Å². The maximum Gasteiger partial charge on any atom is 0.238 e. The average Bonchev–Trinajstić information content (AvgIpc) is 3.54. The first kappa shape index (κ1) is 23.5. The first-order valence-electron chi connectivity index (χ1n) is 11.4. The van der Waals surface area contributed by atoms with Crippen molar-refractivity contribution in [2.45, 2.75) is 17.9 Å². The van der Waals surface area contributed by atoms with E-state index in [0.717, 1.165) is 37.6 Å². The highest BCUT2D eigenvalue weighted by Gasteiger charge is 2.24. The minimum absolute atomic E-state index is 0.137. The summed E-state index contributed by atoms with van der Waals surface area (Å²) in [6, 6.07) is 16.8. The number of anilines is 1. The standard InChI is InChI=1S/C26H23N5O4S2/c1-35-26-22-11-16(13-29-26)21-12-20-19(7-8-27-25(20)30-21)23-6-5-17(36-23)14-28-24(32)10-15-3-2-4-18(9-15)37(33,34)31-22/h2-9,11-13,31,33-34H,10,14H2,1H3,(H,27,30)(H,28,32)/p+1. The van der Waals surface area contributed by atoms with E-state index in [0.29, 0.717) is 22.7 Å². The van der Waals surface area contributed by atoms with Crippen molar-refractivity contribution < 1.29 is 18.6 Å². The van der Waals surface area contributed by atoms with E-state index in [2.05, 4.69) is 31.1 Å². The topological polar surface area (TPSA) is 135 Å². The highest BCUT2D eigenvalue weighted by Crippen LogP contribution is 2.49. The van der Waals surface area contributed by atoms with Crippen LogP contribution >= 0.6 is 22.1 Å². The molecule has 0 radical (unpaired) electrons. The summed E-state index contributed by atoms with van der Waals surface area (Å²) in [6.07, 6.45) is 3.58. The predicted molar refractivity (Wildman–Crippen MR) is 147 cm³/mol.